The highest BCUT2D eigenvalue weighted by Gasteiger charge is 2.30. The summed E-state index contributed by atoms with van der Waals surface area (Å²) in [7, 11) is 0. The normalized spacial score (nSPS) is 32.6. The van der Waals surface area contributed by atoms with Crippen molar-refractivity contribution in [2.45, 2.75) is 44.8 Å². The minimum atomic E-state index is -0.454. The number of hydrogen-bond acceptors (Lipinski definition) is 3. The first kappa shape index (κ1) is 12.2. The van der Waals surface area contributed by atoms with Gasteiger partial charge in [0.1, 0.15) is 6.10 Å². The Hall–Kier alpha value is 0.160. The van der Waals surface area contributed by atoms with Crippen LogP contribution in [-0.4, -0.2) is 27.7 Å². The van der Waals surface area contributed by atoms with Crippen LogP contribution >= 0.6 is 22.6 Å². The molecular weight excluding hydrogens is 295 g/mol. The fraction of sp³-hybridized carbons (Fsp3) is 0.900. The van der Waals surface area contributed by atoms with E-state index in [0.29, 0.717) is 5.92 Å². The maximum absolute atomic E-state index is 10.8. The van der Waals surface area contributed by atoms with Crippen LogP contribution in [0.5, 0.6) is 0 Å². The Morgan fingerprint density at radius 1 is 1.57 bits per heavy atom. The molecule has 0 heterocycles. The van der Waals surface area contributed by atoms with Crippen LogP contribution in [0.2, 0.25) is 0 Å². The zero-order chi connectivity index (χ0) is 10.6. The van der Waals surface area contributed by atoms with E-state index in [9.17, 15) is 9.90 Å². The summed E-state index contributed by atoms with van der Waals surface area (Å²) in [5, 5.41) is 9.62. The summed E-state index contributed by atoms with van der Waals surface area (Å²) >= 11 is 2.36. The summed E-state index contributed by atoms with van der Waals surface area (Å²) < 4.78 is 6.22. The number of rotatable bonds is 3. The molecule has 1 rings (SSSR count). The summed E-state index contributed by atoms with van der Waals surface area (Å²) in [5.74, 6) is 0.323. The monoisotopic (exact) mass is 312 g/mol. The van der Waals surface area contributed by atoms with Gasteiger partial charge in [0.15, 0.2) is 0 Å². The third-order valence-corrected chi connectivity index (χ3v) is 3.32. The molecule has 0 amide bonds. The molecule has 0 aliphatic heterocycles. The molecule has 0 aromatic carbocycles. The summed E-state index contributed by atoms with van der Waals surface area (Å²) in [5.41, 5.74) is 0. The number of alkyl halides is 1. The van der Waals surface area contributed by atoms with Gasteiger partial charge in [-0.05, 0) is 36.0 Å². The second kappa shape index (κ2) is 5.90. The molecule has 1 saturated carbocycles. The molecule has 14 heavy (non-hydrogen) atoms. The highest BCUT2D eigenvalue weighted by molar-refractivity contribution is 14.1. The Morgan fingerprint density at radius 2 is 2.29 bits per heavy atom. The summed E-state index contributed by atoms with van der Waals surface area (Å²) in [6, 6.07) is 0. The SMILES string of the molecule is CC(=O)OC1CC(CCI)CCC1O. The van der Waals surface area contributed by atoms with Crippen LogP contribution in [0.25, 0.3) is 0 Å². The number of aliphatic hydroxyl groups is 1. The topological polar surface area (TPSA) is 46.5 Å². The largest absolute Gasteiger partial charge is 0.460 e. The van der Waals surface area contributed by atoms with E-state index >= 15 is 0 Å². The Labute approximate surface area is 98.3 Å². The molecule has 0 bridgehead atoms. The van der Waals surface area contributed by atoms with Crippen molar-refractivity contribution in [1.82, 2.24) is 0 Å². The van der Waals surface area contributed by atoms with Crippen LogP contribution in [0.1, 0.15) is 32.6 Å². The van der Waals surface area contributed by atoms with Crippen molar-refractivity contribution < 1.29 is 14.6 Å². The Balaban J connectivity index is 2.42. The van der Waals surface area contributed by atoms with E-state index in [1.165, 1.54) is 6.92 Å². The minimum absolute atomic E-state index is 0.269. The quantitative estimate of drug-likeness (QED) is 0.492. The number of esters is 1. The van der Waals surface area contributed by atoms with Crippen LogP contribution < -0.4 is 0 Å². The summed E-state index contributed by atoms with van der Waals surface area (Å²) in [6.45, 7) is 1.40. The lowest BCUT2D eigenvalue weighted by atomic mass is 9.84. The lowest BCUT2D eigenvalue weighted by Crippen LogP contribution is -2.37. The zero-order valence-corrected chi connectivity index (χ0v) is 10.6. The number of ether oxygens (including phenoxy) is 1. The lowest BCUT2D eigenvalue weighted by Gasteiger charge is -2.32. The number of carbonyl (C=O) groups excluding carboxylic acids is 1. The second-order valence-corrected chi connectivity index (χ2v) is 4.95. The van der Waals surface area contributed by atoms with Gasteiger partial charge in [0.05, 0.1) is 6.10 Å². The first-order chi connectivity index (χ1) is 6.63. The van der Waals surface area contributed by atoms with E-state index < -0.39 is 6.10 Å². The highest BCUT2D eigenvalue weighted by Crippen LogP contribution is 2.29. The molecule has 1 aliphatic carbocycles. The molecule has 1 aliphatic rings. The average Bonchev–Trinajstić information content (AvgIpc) is 2.10. The van der Waals surface area contributed by atoms with Crippen molar-refractivity contribution in [2.24, 2.45) is 5.92 Å². The molecule has 0 aromatic rings. The molecule has 3 atom stereocenters. The van der Waals surface area contributed by atoms with E-state index in [1.807, 2.05) is 0 Å². The van der Waals surface area contributed by atoms with Gasteiger partial charge in [0.2, 0.25) is 0 Å². The first-order valence-electron chi connectivity index (χ1n) is 5.04. The predicted molar refractivity (Wildman–Crippen MR) is 62.4 cm³/mol. The number of halogens is 1. The molecule has 3 unspecified atom stereocenters. The summed E-state index contributed by atoms with van der Waals surface area (Å²) in [4.78, 5) is 10.8. The van der Waals surface area contributed by atoms with Crippen molar-refractivity contribution in [3.05, 3.63) is 0 Å². The molecular formula is C10H17IO3. The summed E-state index contributed by atoms with van der Waals surface area (Å²) in [6.07, 6.45) is 3.08. The van der Waals surface area contributed by atoms with Crippen LogP contribution in [0.4, 0.5) is 0 Å². The van der Waals surface area contributed by atoms with E-state index in [4.69, 9.17) is 4.74 Å². The van der Waals surface area contributed by atoms with Crippen molar-refractivity contribution in [1.29, 1.82) is 0 Å². The van der Waals surface area contributed by atoms with E-state index in [2.05, 4.69) is 22.6 Å². The van der Waals surface area contributed by atoms with Gasteiger partial charge >= 0.3 is 5.97 Å². The Morgan fingerprint density at radius 3 is 2.86 bits per heavy atom. The van der Waals surface area contributed by atoms with Gasteiger partial charge in [-0.3, -0.25) is 4.79 Å². The van der Waals surface area contributed by atoms with Gasteiger partial charge in [-0.15, -0.1) is 0 Å². The lowest BCUT2D eigenvalue weighted by molar-refractivity contribution is -0.156. The van der Waals surface area contributed by atoms with Crippen LogP contribution in [0, 0.1) is 5.92 Å². The third kappa shape index (κ3) is 3.73. The van der Waals surface area contributed by atoms with Gasteiger partial charge in [-0.2, -0.15) is 0 Å². The van der Waals surface area contributed by atoms with Crippen molar-refractivity contribution >= 4 is 28.6 Å². The molecule has 1 fully saturated rings. The van der Waals surface area contributed by atoms with Gasteiger partial charge in [0, 0.05) is 6.92 Å². The molecule has 82 valence electrons. The molecule has 0 spiro atoms. The molecule has 0 saturated heterocycles. The molecule has 3 nitrogen and oxygen atoms in total. The number of hydrogen-bond donors (Lipinski definition) is 1. The van der Waals surface area contributed by atoms with E-state index in [1.54, 1.807) is 0 Å². The van der Waals surface area contributed by atoms with Gasteiger partial charge in [-0.25, -0.2) is 0 Å². The van der Waals surface area contributed by atoms with Crippen LogP contribution in [0.3, 0.4) is 0 Å². The number of carbonyl (C=O) groups is 1. The standard InChI is InChI=1S/C10H17IO3/c1-7(12)14-10-6-8(4-5-11)2-3-9(10)13/h8-10,13H,2-6H2,1H3. The predicted octanol–water partition coefficient (Wildman–Crippen LogP) is 1.90. The first-order valence-corrected chi connectivity index (χ1v) is 6.57. The van der Waals surface area contributed by atoms with E-state index in [-0.39, 0.29) is 12.1 Å². The highest BCUT2D eigenvalue weighted by atomic mass is 127. The molecule has 0 radical (unpaired) electrons. The van der Waals surface area contributed by atoms with Gasteiger partial charge in [-0.1, -0.05) is 22.6 Å². The van der Waals surface area contributed by atoms with Crippen molar-refractivity contribution in [3.63, 3.8) is 0 Å². The van der Waals surface area contributed by atoms with Gasteiger partial charge in [0.25, 0.3) is 0 Å². The molecule has 0 aromatic heterocycles. The molecule has 1 N–H and O–H groups in total. The van der Waals surface area contributed by atoms with Crippen LogP contribution in [0.15, 0.2) is 0 Å². The minimum Gasteiger partial charge on any atom is -0.460 e. The fourth-order valence-corrected chi connectivity index (χ4v) is 2.83. The van der Waals surface area contributed by atoms with Crippen LogP contribution in [-0.2, 0) is 9.53 Å². The fourth-order valence-electron chi connectivity index (χ4n) is 1.95. The Kier molecular flexibility index (Phi) is 5.15. The van der Waals surface area contributed by atoms with Gasteiger partial charge < -0.3 is 9.84 Å². The van der Waals surface area contributed by atoms with Crippen molar-refractivity contribution in [2.75, 3.05) is 4.43 Å². The van der Waals surface area contributed by atoms with E-state index in [0.717, 1.165) is 30.1 Å². The smallest absolute Gasteiger partial charge is 0.302 e. The number of aliphatic hydroxyl groups excluding tert-OH is 1. The average molecular weight is 312 g/mol. The van der Waals surface area contributed by atoms with Crippen molar-refractivity contribution in [3.8, 4) is 0 Å². The maximum atomic E-state index is 10.8. The third-order valence-electron chi connectivity index (χ3n) is 2.70. The maximum Gasteiger partial charge on any atom is 0.302 e. The Bertz CT molecular complexity index is 196. The zero-order valence-electron chi connectivity index (χ0n) is 8.41. The second-order valence-electron chi connectivity index (χ2n) is 3.87. The molecule has 4 heteroatoms.